The maximum atomic E-state index is 12.3. The highest BCUT2D eigenvalue weighted by Crippen LogP contribution is 2.08. The molecule has 0 bridgehead atoms. The predicted octanol–water partition coefficient (Wildman–Crippen LogP) is -0.270. The number of hydrogen-bond acceptors (Lipinski definition) is 4. The molecule has 0 saturated carbocycles. The number of amides is 2. The van der Waals surface area contributed by atoms with E-state index >= 15 is 0 Å². The number of likely N-dealkylation sites (N-methyl/N-ethyl adjacent to an activating group) is 1. The number of carbonyl (C=O) groups excluding carboxylic acids is 2. The number of aromatic nitrogens is 1. The molecule has 1 aromatic rings. The molecular weight excluding hydrogens is 270 g/mol. The number of pyridine rings is 1. The summed E-state index contributed by atoms with van der Waals surface area (Å²) in [5.74, 6) is 4.92. The zero-order valence-electron chi connectivity index (χ0n) is 11.9. The van der Waals surface area contributed by atoms with Gasteiger partial charge in [-0.3, -0.25) is 9.59 Å². The minimum Gasteiger partial charge on any atom is -0.384 e. The normalized spacial score (nSPS) is 15.2. The van der Waals surface area contributed by atoms with Crippen molar-refractivity contribution >= 4 is 11.8 Å². The Bertz CT molecular complexity index is 586. The van der Waals surface area contributed by atoms with Crippen LogP contribution in [0.3, 0.4) is 0 Å². The van der Waals surface area contributed by atoms with Gasteiger partial charge in [-0.1, -0.05) is 11.8 Å². The molecule has 6 heteroatoms. The average Bonchev–Trinajstić information content (AvgIpc) is 2.67. The van der Waals surface area contributed by atoms with Crippen LogP contribution in [0.1, 0.15) is 22.5 Å². The molecule has 0 unspecified atom stereocenters. The number of aliphatic hydroxyl groups excluding tert-OH is 1. The minimum atomic E-state index is -0.250. The highest BCUT2D eigenvalue weighted by atomic mass is 16.2. The highest BCUT2D eigenvalue weighted by molar-refractivity contribution is 5.95. The fourth-order valence-electron chi connectivity index (χ4n) is 2.06. The van der Waals surface area contributed by atoms with E-state index in [1.807, 2.05) is 0 Å². The van der Waals surface area contributed by atoms with E-state index in [1.165, 1.54) is 11.1 Å². The number of nitrogens with zero attached hydrogens (tertiary/aromatic N) is 3. The summed E-state index contributed by atoms with van der Waals surface area (Å²) in [6, 6.07) is 3.26. The molecule has 0 aromatic carbocycles. The van der Waals surface area contributed by atoms with Crippen molar-refractivity contribution in [1.82, 2.24) is 14.8 Å². The first-order valence-corrected chi connectivity index (χ1v) is 6.71. The van der Waals surface area contributed by atoms with Gasteiger partial charge in [-0.15, -0.1) is 0 Å². The van der Waals surface area contributed by atoms with Crippen LogP contribution in [0.2, 0.25) is 0 Å². The van der Waals surface area contributed by atoms with Gasteiger partial charge in [0.1, 0.15) is 18.8 Å². The lowest BCUT2D eigenvalue weighted by Gasteiger charge is -2.19. The lowest BCUT2D eigenvalue weighted by atomic mass is 10.2. The topological polar surface area (TPSA) is 73.7 Å². The SMILES string of the molecule is CN1CCCN(C(=O)c2ccc(C#CCO)cn2)CC1=O. The van der Waals surface area contributed by atoms with E-state index in [0.29, 0.717) is 24.3 Å². The van der Waals surface area contributed by atoms with Crippen LogP contribution in [0, 0.1) is 11.8 Å². The Kier molecular flexibility index (Phi) is 4.90. The summed E-state index contributed by atoms with van der Waals surface area (Å²) in [7, 11) is 1.74. The van der Waals surface area contributed by atoms with Crippen molar-refractivity contribution in [2.24, 2.45) is 0 Å². The Morgan fingerprint density at radius 3 is 2.90 bits per heavy atom. The largest absolute Gasteiger partial charge is 0.384 e. The van der Waals surface area contributed by atoms with Gasteiger partial charge in [-0.05, 0) is 18.6 Å². The van der Waals surface area contributed by atoms with Gasteiger partial charge < -0.3 is 14.9 Å². The Labute approximate surface area is 123 Å². The molecule has 2 heterocycles. The zero-order chi connectivity index (χ0) is 15.2. The Balaban J connectivity index is 2.10. The molecule has 1 aliphatic heterocycles. The van der Waals surface area contributed by atoms with E-state index in [-0.39, 0.29) is 25.0 Å². The first kappa shape index (κ1) is 15.0. The summed E-state index contributed by atoms with van der Waals surface area (Å²) < 4.78 is 0. The second-order valence-electron chi connectivity index (χ2n) is 4.79. The first-order valence-electron chi connectivity index (χ1n) is 6.71. The number of aliphatic hydroxyl groups is 1. The molecule has 1 aliphatic rings. The van der Waals surface area contributed by atoms with Crippen LogP contribution in [0.4, 0.5) is 0 Å². The van der Waals surface area contributed by atoms with Crippen molar-refractivity contribution in [1.29, 1.82) is 0 Å². The van der Waals surface area contributed by atoms with Crippen molar-refractivity contribution in [2.45, 2.75) is 6.42 Å². The molecule has 1 aromatic heterocycles. The van der Waals surface area contributed by atoms with E-state index in [0.717, 1.165) is 6.42 Å². The van der Waals surface area contributed by atoms with Crippen molar-refractivity contribution in [3.63, 3.8) is 0 Å². The smallest absolute Gasteiger partial charge is 0.272 e. The van der Waals surface area contributed by atoms with Gasteiger partial charge in [0.05, 0.1) is 0 Å². The molecular formula is C15H17N3O3. The minimum absolute atomic E-state index is 0.0636. The van der Waals surface area contributed by atoms with Crippen molar-refractivity contribution in [3.05, 3.63) is 29.6 Å². The molecule has 0 atom stereocenters. The van der Waals surface area contributed by atoms with Gasteiger partial charge in [-0.25, -0.2) is 4.98 Å². The van der Waals surface area contributed by atoms with Gasteiger partial charge in [-0.2, -0.15) is 0 Å². The van der Waals surface area contributed by atoms with Crippen LogP contribution in [0.5, 0.6) is 0 Å². The second-order valence-corrected chi connectivity index (χ2v) is 4.79. The first-order chi connectivity index (χ1) is 10.1. The van der Waals surface area contributed by atoms with E-state index in [2.05, 4.69) is 16.8 Å². The lowest BCUT2D eigenvalue weighted by Crippen LogP contribution is -2.38. The van der Waals surface area contributed by atoms with Gasteiger partial charge in [0, 0.05) is 31.9 Å². The predicted molar refractivity (Wildman–Crippen MR) is 76.4 cm³/mol. The lowest BCUT2D eigenvalue weighted by molar-refractivity contribution is -0.129. The fraction of sp³-hybridized carbons (Fsp3) is 0.400. The molecule has 2 rings (SSSR count). The zero-order valence-corrected chi connectivity index (χ0v) is 11.9. The third-order valence-electron chi connectivity index (χ3n) is 3.26. The molecule has 2 amide bonds. The molecule has 110 valence electrons. The summed E-state index contributed by atoms with van der Waals surface area (Å²) >= 11 is 0. The van der Waals surface area contributed by atoms with E-state index in [4.69, 9.17) is 5.11 Å². The van der Waals surface area contributed by atoms with E-state index < -0.39 is 0 Å². The van der Waals surface area contributed by atoms with E-state index in [1.54, 1.807) is 24.1 Å². The molecule has 6 nitrogen and oxygen atoms in total. The van der Waals surface area contributed by atoms with Gasteiger partial charge >= 0.3 is 0 Å². The van der Waals surface area contributed by atoms with Crippen molar-refractivity contribution in [2.75, 3.05) is 33.3 Å². The molecule has 1 N–H and O–H groups in total. The standard InChI is InChI=1S/C15H17N3O3/c1-17-7-3-8-18(11-14(17)20)15(21)13-6-5-12(10-16-13)4-2-9-19/h5-6,10,19H,3,7-9,11H2,1H3. The van der Waals surface area contributed by atoms with Crippen molar-refractivity contribution in [3.8, 4) is 11.8 Å². The third-order valence-corrected chi connectivity index (χ3v) is 3.26. The van der Waals surface area contributed by atoms with Gasteiger partial charge in [0.25, 0.3) is 5.91 Å². The summed E-state index contributed by atoms with van der Waals surface area (Å²) in [6.07, 6.45) is 2.25. The van der Waals surface area contributed by atoms with Gasteiger partial charge in [0.2, 0.25) is 5.91 Å². The second kappa shape index (κ2) is 6.86. The molecule has 0 aliphatic carbocycles. The monoisotopic (exact) mass is 287 g/mol. The fourth-order valence-corrected chi connectivity index (χ4v) is 2.06. The summed E-state index contributed by atoms with van der Waals surface area (Å²) in [5, 5.41) is 8.62. The Morgan fingerprint density at radius 1 is 1.43 bits per heavy atom. The van der Waals surface area contributed by atoms with Crippen LogP contribution >= 0.6 is 0 Å². The van der Waals surface area contributed by atoms with Crippen molar-refractivity contribution < 1.29 is 14.7 Å². The summed E-state index contributed by atoms with van der Waals surface area (Å²) in [4.78, 5) is 31.4. The molecule has 1 fully saturated rings. The van der Waals surface area contributed by atoms with Gasteiger partial charge in [0.15, 0.2) is 0 Å². The molecule has 21 heavy (non-hydrogen) atoms. The van der Waals surface area contributed by atoms with Crippen LogP contribution in [-0.4, -0.2) is 65.0 Å². The Morgan fingerprint density at radius 2 is 2.24 bits per heavy atom. The molecule has 0 spiro atoms. The maximum Gasteiger partial charge on any atom is 0.272 e. The highest BCUT2D eigenvalue weighted by Gasteiger charge is 2.24. The average molecular weight is 287 g/mol. The molecule has 1 saturated heterocycles. The number of hydrogen-bond donors (Lipinski definition) is 1. The summed E-state index contributed by atoms with van der Waals surface area (Å²) in [6.45, 7) is 1.07. The Hall–Kier alpha value is -2.39. The van der Waals surface area contributed by atoms with E-state index in [9.17, 15) is 9.59 Å². The maximum absolute atomic E-state index is 12.3. The van der Waals surface area contributed by atoms with Crippen LogP contribution in [0.25, 0.3) is 0 Å². The van der Waals surface area contributed by atoms with Crippen LogP contribution < -0.4 is 0 Å². The summed E-state index contributed by atoms with van der Waals surface area (Å²) in [5.41, 5.74) is 0.925. The molecule has 0 radical (unpaired) electrons. The third kappa shape index (κ3) is 3.80. The van der Waals surface area contributed by atoms with Crippen LogP contribution in [0.15, 0.2) is 18.3 Å². The number of rotatable bonds is 1. The number of carbonyl (C=O) groups is 2. The van der Waals surface area contributed by atoms with Crippen LogP contribution in [-0.2, 0) is 4.79 Å². The quantitative estimate of drug-likeness (QED) is 0.722.